The first-order chi connectivity index (χ1) is 11.2. The molecule has 0 saturated carbocycles. The van der Waals surface area contributed by atoms with E-state index in [1.54, 1.807) is 6.20 Å². The van der Waals surface area contributed by atoms with E-state index >= 15 is 0 Å². The van der Waals surface area contributed by atoms with E-state index in [0.717, 1.165) is 11.4 Å². The Morgan fingerprint density at radius 3 is 2.22 bits per heavy atom. The Kier molecular flexibility index (Phi) is 4.71. The minimum absolute atomic E-state index is 0.0222. The molecule has 0 radical (unpaired) electrons. The van der Waals surface area contributed by atoms with Gasteiger partial charge in [-0.2, -0.15) is 0 Å². The van der Waals surface area contributed by atoms with Crippen LogP contribution < -0.4 is 0 Å². The Labute approximate surface area is 139 Å². The predicted molar refractivity (Wildman–Crippen MR) is 89.7 cm³/mol. The van der Waals surface area contributed by atoms with Crippen LogP contribution in [0.3, 0.4) is 0 Å². The van der Waals surface area contributed by atoms with Crippen molar-refractivity contribution in [1.82, 2.24) is 14.8 Å². The maximum Gasteiger partial charge on any atom is 0.265 e. The average Bonchev–Trinajstić information content (AvgIpc) is 3.10. The third kappa shape index (κ3) is 3.42. The molecule has 3 rings (SSSR count). The van der Waals surface area contributed by atoms with Crippen molar-refractivity contribution in [2.45, 2.75) is 13.3 Å². The summed E-state index contributed by atoms with van der Waals surface area (Å²) < 4.78 is 0. The lowest BCUT2D eigenvalue weighted by molar-refractivity contribution is 0.0538. The van der Waals surface area contributed by atoms with Gasteiger partial charge in [0.1, 0.15) is 4.88 Å². The number of carbonyl (C=O) groups excluding carboxylic acids is 2. The Morgan fingerprint density at radius 1 is 1.04 bits per heavy atom. The highest BCUT2D eigenvalue weighted by molar-refractivity contribution is 7.13. The number of hydrogen-bond donors (Lipinski definition) is 0. The molecule has 1 fully saturated rings. The molecular weight excluding hydrogens is 310 g/mol. The molecule has 0 spiro atoms. The molecule has 1 aromatic heterocycles. The fourth-order valence-electron chi connectivity index (χ4n) is 2.60. The summed E-state index contributed by atoms with van der Waals surface area (Å²) in [5.74, 6) is 0.0535. The molecule has 1 aliphatic heterocycles. The number of piperazine rings is 1. The van der Waals surface area contributed by atoms with Crippen LogP contribution in [0.25, 0.3) is 0 Å². The van der Waals surface area contributed by atoms with E-state index in [0.29, 0.717) is 36.6 Å². The van der Waals surface area contributed by atoms with Crippen LogP contribution in [0, 0.1) is 0 Å². The second kappa shape index (κ2) is 6.91. The molecule has 2 heterocycles. The topological polar surface area (TPSA) is 53.5 Å². The summed E-state index contributed by atoms with van der Waals surface area (Å²) in [6.45, 7) is 4.30. The Bertz CT molecular complexity index is 691. The summed E-state index contributed by atoms with van der Waals surface area (Å²) in [5.41, 5.74) is 0.697. The van der Waals surface area contributed by atoms with Gasteiger partial charge in [-0.25, -0.2) is 4.98 Å². The Balaban J connectivity index is 1.60. The molecule has 1 saturated heterocycles. The van der Waals surface area contributed by atoms with Crippen molar-refractivity contribution in [2.24, 2.45) is 0 Å². The van der Waals surface area contributed by atoms with Crippen molar-refractivity contribution in [2.75, 3.05) is 26.2 Å². The van der Waals surface area contributed by atoms with Gasteiger partial charge in [0.15, 0.2) is 0 Å². The number of nitrogens with zero attached hydrogens (tertiary/aromatic N) is 3. The third-order valence-electron chi connectivity index (χ3n) is 3.94. The highest BCUT2D eigenvalue weighted by Crippen LogP contribution is 2.17. The molecule has 0 atom stereocenters. The molecule has 6 heteroatoms. The van der Waals surface area contributed by atoms with Gasteiger partial charge in [0.05, 0.1) is 11.2 Å². The minimum Gasteiger partial charge on any atom is -0.335 e. The fourth-order valence-corrected chi connectivity index (χ4v) is 3.43. The van der Waals surface area contributed by atoms with Crippen molar-refractivity contribution < 1.29 is 9.59 Å². The molecule has 0 N–H and O–H groups in total. The van der Waals surface area contributed by atoms with Crippen molar-refractivity contribution >= 4 is 23.2 Å². The first-order valence-corrected chi connectivity index (χ1v) is 8.59. The fraction of sp³-hybridized carbons (Fsp3) is 0.353. The molecule has 2 amide bonds. The van der Waals surface area contributed by atoms with Crippen LogP contribution in [0.5, 0.6) is 0 Å². The molecule has 1 aromatic carbocycles. The zero-order valence-corrected chi connectivity index (χ0v) is 13.9. The second-order valence-corrected chi connectivity index (χ2v) is 6.54. The number of aryl methyl sites for hydroxylation is 1. The number of thiazole rings is 1. The van der Waals surface area contributed by atoms with Crippen LogP contribution >= 0.6 is 11.3 Å². The first-order valence-electron chi connectivity index (χ1n) is 7.77. The smallest absolute Gasteiger partial charge is 0.265 e. The summed E-state index contributed by atoms with van der Waals surface area (Å²) in [4.78, 5) is 33.4. The van der Waals surface area contributed by atoms with Crippen LogP contribution in [-0.2, 0) is 6.42 Å². The quantitative estimate of drug-likeness (QED) is 0.868. The van der Waals surface area contributed by atoms with Gasteiger partial charge in [0, 0.05) is 31.7 Å². The molecule has 23 heavy (non-hydrogen) atoms. The lowest BCUT2D eigenvalue weighted by atomic mass is 10.2. The van der Waals surface area contributed by atoms with Gasteiger partial charge in [-0.3, -0.25) is 9.59 Å². The van der Waals surface area contributed by atoms with Gasteiger partial charge in [0.2, 0.25) is 0 Å². The van der Waals surface area contributed by atoms with Gasteiger partial charge in [-0.15, -0.1) is 11.3 Å². The zero-order chi connectivity index (χ0) is 16.2. The summed E-state index contributed by atoms with van der Waals surface area (Å²) in [6, 6.07) is 9.27. The summed E-state index contributed by atoms with van der Waals surface area (Å²) in [6.07, 6.45) is 2.50. The third-order valence-corrected chi connectivity index (χ3v) is 5.07. The van der Waals surface area contributed by atoms with E-state index in [-0.39, 0.29) is 11.8 Å². The molecule has 5 nitrogen and oxygen atoms in total. The number of benzene rings is 1. The highest BCUT2D eigenvalue weighted by atomic mass is 32.1. The highest BCUT2D eigenvalue weighted by Gasteiger charge is 2.26. The second-order valence-electron chi connectivity index (χ2n) is 5.42. The molecule has 120 valence electrons. The number of carbonyl (C=O) groups is 2. The average molecular weight is 329 g/mol. The minimum atomic E-state index is 0.0222. The Hall–Kier alpha value is -2.21. The van der Waals surface area contributed by atoms with E-state index in [1.165, 1.54) is 11.3 Å². The normalized spacial score (nSPS) is 14.8. The van der Waals surface area contributed by atoms with Gasteiger partial charge < -0.3 is 9.80 Å². The molecule has 0 aliphatic carbocycles. The lowest BCUT2D eigenvalue weighted by Crippen LogP contribution is -2.50. The number of hydrogen-bond acceptors (Lipinski definition) is 4. The van der Waals surface area contributed by atoms with Gasteiger partial charge >= 0.3 is 0 Å². The maximum absolute atomic E-state index is 12.5. The molecular formula is C17H19N3O2S. The molecule has 2 aromatic rings. The molecule has 1 aliphatic rings. The Morgan fingerprint density at radius 2 is 1.65 bits per heavy atom. The maximum atomic E-state index is 12.5. The number of aromatic nitrogens is 1. The molecule has 0 unspecified atom stereocenters. The van der Waals surface area contributed by atoms with Crippen molar-refractivity contribution in [3.8, 4) is 0 Å². The van der Waals surface area contributed by atoms with E-state index in [1.807, 2.05) is 47.1 Å². The summed E-state index contributed by atoms with van der Waals surface area (Å²) in [7, 11) is 0. The van der Waals surface area contributed by atoms with Crippen LogP contribution in [-0.4, -0.2) is 52.8 Å². The van der Waals surface area contributed by atoms with Gasteiger partial charge in [-0.1, -0.05) is 25.1 Å². The largest absolute Gasteiger partial charge is 0.335 e. The standard InChI is InChI=1S/C17H19N3O2S/c1-2-15-18-12-14(23-15)17(22)20-10-8-19(9-11-20)16(21)13-6-4-3-5-7-13/h3-7,12H,2,8-11H2,1H3. The van der Waals surface area contributed by atoms with Gasteiger partial charge in [0.25, 0.3) is 11.8 Å². The van der Waals surface area contributed by atoms with Crippen molar-refractivity contribution in [3.05, 3.63) is 52.0 Å². The van der Waals surface area contributed by atoms with Gasteiger partial charge in [-0.05, 0) is 18.6 Å². The first kappa shape index (κ1) is 15.7. The number of amides is 2. The number of rotatable bonds is 3. The van der Waals surface area contributed by atoms with Crippen LogP contribution in [0.15, 0.2) is 36.5 Å². The van der Waals surface area contributed by atoms with E-state index < -0.39 is 0 Å². The summed E-state index contributed by atoms with van der Waals surface area (Å²) in [5, 5.41) is 0.978. The monoisotopic (exact) mass is 329 g/mol. The van der Waals surface area contributed by atoms with E-state index in [2.05, 4.69) is 4.98 Å². The lowest BCUT2D eigenvalue weighted by Gasteiger charge is -2.34. The van der Waals surface area contributed by atoms with Crippen molar-refractivity contribution in [1.29, 1.82) is 0 Å². The molecule has 0 bridgehead atoms. The summed E-state index contributed by atoms with van der Waals surface area (Å²) >= 11 is 1.46. The van der Waals surface area contributed by atoms with Crippen LogP contribution in [0.4, 0.5) is 0 Å². The van der Waals surface area contributed by atoms with E-state index in [4.69, 9.17) is 0 Å². The van der Waals surface area contributed by atoms with E-state index in [9.17, 15) is 9.59 Å². The SMILES string of the molecule is CCc1ncc(C(=O)N2CCN(C(=O)c3ccccc3)CC2)s1. The zero-order valence-electron chi connectivity index (χ0n) is 13.1. The van der Waals surface area contributed by atoms with Crippen LogP contribution in [0.2, 0.25) is 0 Å². The van der Waals surface area contributed by atoms with Crippen LogP contribution in [0.1, 0.15) is 32.0 Å². The van der Waals surface area contributed by atoms with Crippen molar-refractivity contribution in [3.63, 3.8) is 0 Å². The predicted octanol–water partition coefficient (Wildman–Crippen LogP) is 2.30.